The van der Waals surface area contributed by atoms with E-state index in [1.807, 2.05) is 0 Å². The molecular formula is C12H7F3N. The van der Waals surface area contributed by atoms with Gasteiger partial charge in [-0.2, -0.15) is 13.2 Å². The molecule has 1 radical (unpaired) electrons. The van der Waals surface area contributed by atoms with Crippen molar-refractivity contribution < 1.29 is 13.2 Å². The quantitative estimate of drug-likeness (QED) is 0.718. The monoisotopic (exact) mass is 222 g/mol. The molecule has 0 spiro atoms. The first-order valence-electron chi connectivity index (χ1n) is 4.58. The Morgan fingerprint density at radius 2 is 1.75 bits per heavy atom. The second-order valence-corrected chi connectivity index (χ2v) is 3.21. The number of benzene rings is 1. The van der Waals surface area contributed by atoms with E-state index in [0.717, 1.165) is 6.07 Å². The van der Waals surface area contributed by atoms with E-state index in [0.29, 0.717) is 5.56 Å². The van der Waals surface area contributed by atoms with Crippen LogP contribution in [0.15, 0.2) is 42.6 Å². The Morgan fingerprint density at radius 1 is 1.00 bits per heavy atom. The van der Waals surface area contributed by atoms with Gasteiger partial charge in [0.05, 0.1) is 11.8 Å². The third kappa shape index (κ3) is 2.05. The predicted octanol–water partition coefficient (Wildman–Crippen LogP) is 3.57. The van der Waals surface area contributed by atoms with Crippen molar-refractivity contribution in [2.75, 3.05) is 0 Å². The second-order valence-electron chi connectivity index (χ2n) is 3.21. The molecule has 0 saturated heterocycles. The highest BCUT2D eigenvalue weighted by atomic mass is 19.4. The standard InChI is InChI=1S/C12H7F3N/c13-12(14,15)11-6-2-1-5-10(11)9-4-3-7-16-8-9/h1-7H. The number of rotatable bonds is 1. The molecule has 1 nitrogen and oxygen atoms in total. The van der Waals surface area contributed by atoms with Crippen LogP contribution < -0.4 is 0 Å². The van der Waals surface area contributed by atoms with Crippen molar-refractivity contribution in [3.05, 3.63) is 54.4 Å². The lowest BCUT2D eigenvalue weighted by molar-refractivity contribution is -0.137. The topological polar surface area (TPSA) is 12.9 Å². The summed E-state index contributed by atoms with van der Waals surface area (Å²) in [7, 11) is 0. The maximum absolute atomic E-state index is 12.7. The van der Waals surface area contributed by atoms with Crippen LogP contribution in [0.2, 0.25) is 0 Å². The molecule has 81 valence electrons. The zero-order chi connectivity index (χ0) is 11.6. The lowest BCUT2D eigenvalue weighted by Crippen LogP contribution is -2.06. The van der Waals surface area contributed by atoms with Crippen LogP contribution >= 0.6 is 0 Å². The molecular weight excluding hydrogens is 215 g/mol. The molecule has 2 aromatic rings. The van der Waals surface area contributed by atoms with E-state index in [-0.39, 0.29) is 5.56 Å². The normalized spacial score (nSPS) is 11.4. The molecule has 0 unspecified atom stereocenters. The molecule has 0 aliphatic heterocycles. The van der Waals surface area contributed by atoms with Crippen molar-refractivity contribution in [3.63, 3.8) is 0 Å². The molecule has 0 atom stereocenters. The lowest BCUT2D eigenvalue weighted by atomic mass is 10.0. The Bertz CT molecular complexity index is 477. The van der Waals surface area contributed by atoms with Gasteiger partial charge in [-0.15, -0.1) is 0 Å². The summed E-state index contributed by atoms with van der Waals surface area (Å²) in [5, 5.41) is 0. The molecule has 4 heteroatoms. The van der Waals surface area contributed by atoms with Crippen LogP contribution in [0.3, 0.4) is 0 Å². The van der Waals surface area contributed by atoms with Crippen molar-refractivity contribution in [1.82, 2.24) is 4.98 Å². The van der Waals surface area contributed by atoms with Gasteiger partial charge in [-0.05, 0) is 17.7 Å². The maximum Gasteiger partial charge on any atom is 0.417 e. The molecule has 1 heterocycles. The Hall–Kier alpha value is -1.84. The van der Waals surface area contributed by atoms with Crippen LogP contribution in [0.5, 0.6) is 0 Å². The molecule has 0 aliphatic rings. The van der Waals surface area contributed by atoms with Crippen molar-refractivity contribution >= 4 is 0 Å². The first-order valence-corrected chi connectivity index (χ1v) is 4.58. The van der Waals surface area contributed by atoms with Gasteiger partial charge in [0.15, 0.2) is 0 Å². The van der Waals surface area contributed by atoms with E-state index in [4.69, 9.17) is 0 Å². The van der Waals surface area contributed by atoms with Crippen molar-refractivity contribution in [2.24, 2.45) is 0 Å². The van der Waals surface area contributed by atoms with Crippen LogP contribution in [-0.2, 0) is 6.18 Å². The number of halogens is 3. The van der Waals surface area contributed by atoms with Crippen LogP contribution in [0.1, 0.15) is 5.56 Å². The average molecular weight is 222 g/mol. The fourth-order valence-corrected chi connectivity index (χ4v) is 1.44. The summed E-state index contributed by atoms with van der Waals surface area (Å²) < 4.78 is 38.1. The molecule has 16 heavy (non-hydrogen) atoms. The Kier molecular flexibility index (Phi) is 2.64. The molecule has 1 aromatic carbocycles. The van der Waals surface area contributed by atoms with E-state index in [1.165, 1.54) is 18.3 Å². The maximum atomic E-state index is 12.7. The molecule has 0 aliphatic carbocycles. The van der Waals surface area contributed by atoms with E-state index >= 15 is 0 Å². The largest absolute Gasteiger partial charge is 0.417 e. The number of nitrogens with zero attached hydrogens (tertiary/aromatic N) is 1. The molecule has 0 saturated carbocycles. The Morgan fingerprint density at radius 3 is 2.38 bits per heavy atom. The van der Waals surface area contributed by atoms with E-state index in [2.05, 4.69) is 11.2 Å². The number of aromatic nitrogens is 1. The SMILES string of the molecule is FC(F)(F)c1ccccc1-c1[c]nccc1. The summed E-state index contributed by atoms with van der Waals surface area (Å²) in [5.74, 6) is 0. The lowest BCUT2D eigenvalue weighted by Gasteiger charge is -2.11. The van der Waals surface area contributed by atoms with Crippen LogP contribution in [0.25, 0.3) is 11.1 Å². The van der Waals surface area contributed by atoms with Gasteiger partial charge in [0.25, 0.3) is 0 Å². The molecule has 0 N–H and O–H groups in total. The Labute approximate surface area is 90.6 Å². The van der Waals surface area contributed by atoms with Crippen LogP contribution in [0.4, 0.5) is 13.2 Å². The van der Waals surface area contributed by atoms with Gasteiger partial charge in [0.2, 0.25) is 0 Å². The Balaban J connectivity index is 2.58. The van der Waals surface area contributed by atoms with Crippen LogP contribution in [0, 0.1) is 6.20 Å². The summed E-state index contributed by atoms with van der Waals surface area (Å²) in [6.45, 7) is 0. The number of pyridine rings is 1. The minimum atomic E-state index is -4.36. The molecule has 0 amide bonds. The summed E-state index contributed by atoms with van der Waals surface area (Å²) >= 11 is 0. The molecule has 0 bridgehead atoms. The van der Waals surface area contributed by atoms with E-state index in [1.54, 1.807) is 18.2 Å². The van der Waals surface area contributed by atoms with Crippen LogP contribution in [-0.4, -0.2) is 4.98 Å². The third-order valence-corrected chi connectivity index (χ3v) is 2.13. The fourth-order valence-electron chi connectivity index (χ4n) is 1.44. The van der Waals surface area contributed by atoms with E-state index < -0.39 is 11.7 Å². The highest BCUT2D eigenvalue weighted by molar-refractivity contribution is 5.66. The second kappa shape index (κ2) is 3.96. The van der Waals surface area contributed by atoms with Gasteiger partial charge in [-0.25, -0.2) is 0 Å². The smallest absolute Gasteiger partial charge is 0.254 e. The molecule has 0 fully saturated rings. The first-order chi connectivity index (χ1) is 7.59. The van der Waals surface area contributed by atoms with Crippen molar-refractivity contribution in [2.45, 2.75) is 6.18 Å². The summed E-state index contributed by atoms with van der Waals surface area (Å²) in [5.41, 5.74) is -0.224. The van der Waals surface area contributed by atoms with Gasteiger partial charge in [0, 0.05) is 11.8 Å². The minimum Gasteiger partial charge on any atom is -0.254 e. The number of alkyl halides is 3. The van der Waals surface area contributed by atoms with Gasteiger partial charge >= 0.3 is 6.18 Å². The fraction of sp³-hybridized carbons (Fsp3) is 0.0833. The molecule has 1 aromatic heterocycles. The summed E-state index contributed by atoms with van der Waals surface area (Å²) in [6, 6.07) is 8.52. The third-order valence-electron chi connectivity index (χ3n) is 2.13. The number of hydrogen-bond donors (Lipinski definition) is 0. The summed E-state index contributed by atoms with van der Waals surface area (Å²) in [6.07, 6.45) is -0.342. The molecule has 2 rings (SSSR count). The van der Waals surface area contributed by atoms with Gasteiger partial charge in [-0.3, -0.25) is 4.98 Å². The highest BCUT2D eigenvalue weighted by Crippen LogP contribution is 2.36. The average Bonchev–Trinajstić information content (AvgIpc) is 2.29. The van der Waals surface area contributed by atoms with Crippen molar-refractivity contribution in [3.8, 4) is 11.1 Å². The van der Waals surface area contributed by atoms with Gasteiger partial charge in [-0.1, -0.05) is 24.3 Å². The first kappa shape index (κ1) is 10.7. The minimum absolute atomic E-state index is 0.100. The van der Waals surface area contributed by atoms with Gasteiger partial charge in [0.1, 0.15) is 0 Å². The number of hydrogen-bond acceptors (Lipinski definition) is 1. The zero-order valence-electron chi connectivity index (χ0n) is 8.12. The predicted molar refractivity (Wildman–Crippen MR) is 53.5 cm³/mol. The highest BCUT2D eigenvalue weighted by Gasteiger charge is 2.33. The van der Waals surface area contributed by atoms with Crippen molar-refractivity contribution in [1.29, 1.82) is 0 Å². The van der Waals surface area contributed by atoms with Gasteiger partial charge < -0.3 is 0 Å². The van der Waals surface area contributed by atoms with E-state index in [9.17, 15) is 13.2 Å². The zero-order valence-corrected chi connectivity index (χ0v) is 8.12. The summed E-state index contributed by atoms with van der Waals surface area (Å²) in [4.78, 5) is 3.69.